The normalized spacial score (nSPS) is 19.3. The van der Waals surface area contributed by atoms with Gasteiger partial charge in [0.25, 0.3) is 0 Å². The fourth-order valence-electron chi connectivity index (χ4n) is 2.84. The summed E-state index contributed by atoms with van der Waals surface area (Å²) >= 11 is 6.20. The van der Waals surface area contributed by atoms with Crippen LogP contribution in [-0.4, -0.2) is 57.1 Å². The third kappa shape index (κ3) is 4.20. The first-order chi connectivity index (χ1) is 11.5. The number of benzene rings is 1. The number of hydrogen-bond acceptors (Lipinski definition) is 4. The van der Waals surface area contributed by atoms with E-state index in [0.717, 1.165) is 18.5 Å². The van der Waals surface area contributed by atoms with Crippen molar-refractivity contribution >= 4 is 33.2 Å². The quantitative estimate of drug-likeness (QED) is 0.818. The Morgan fingerprint density at radius 2 is 1.83 bits per heavy atom. The predicted molar refractivity (Wildman–Crippen MR) is 94.8 cm³/mol. The molecule has 1 amide bonds. The molecule has 0 atom stereocenters. The zero-order valence-electron chi connectivity index (χ0n) is 13.4. The van der Waals surface area contributed by atoms with Crippen LogP contribution >= 0.6 is 11.6 Å². The zero-order chi connectivity index (χ0) is 17.2. The van der Waals surface area contributed by atoms with Gasteiger partial charge in [-0.2, -0.15) is 4.31 Å². The van der Waals surface area contributed by atoms with Crippen molar-refractivity contribution in [3.63, 3.8) is 0 Å². The summed E-state index contributed by atoms with van der Waals surface area (Å²) in [4.78, 5) is 13.7. The predicted octanol–water partition coefficient (Wildman–Crippen LogP) is 1.32. The SMILES string of the molecule is O=C(NCCS(=O)(=O)N1CCN(c2ccccc2Cl)CC1)C1CC1. The first kappa shape index (κ1) is 17.5. The van der Waals surface area contributed by atoms with Crippen molar-refractivity contribution < 1.29 is 13.2 Å². The number of halogens is 1. The van der Waals surface area contributed by atoms with Crippen LogP contribution in [-0.2, 0) is 14.8 Å². The lowest BCUT2D eigenvalue weighted by atomic mass is 10.2. The zero-order valence-corrected chi connectivity index (χ0v) is 15.0. The van der Waals surface area contributed by atoms with E-state index < -0.39 is 10.0 Å². The van der Waals surface area contributed by atoms with Gasteiger partial charge < -0.3 is 10.2 Å². The van der Waals surface area contributed by atoms with E-state index in [0.29, 0.717) is 31.2 Å². The summed E-state index contributed by atoms with van der Waals surface area (Å²) < 4.78 is 26.3. The van der Waals surface area contributed by atoms with Crippen LogP contribution in [0.3, 0.4) is 0 Å². The van der Waals surface area contributed by atoms with Gasteiger partial charge >= 0.3 is 0 Å². The van der Waals surface area contributed by atoms with E-state index >= 15 is 0 Å². The van der Waals surface area contributed by atoms with Gasteiger partial charge in [0.15, 0.2) is 0 Å². The number of nitrogens with one attached hydrogen (secondary N) is 1. The third-order valence-corrected chi connectivity index (χ3v) is 6.62. The van der Waals surface area contributed by atoms with Crippen LogP contribution in [0.1, 0.15) is 12.8 Å². The molecule has 132 valence electrons. The number of piperazine rings is 1. The van der Waals surface area contributed by atoms with Crippen molar-refractivity contribution in [1.29, 1.82) is 0 Å². The maximum atomic E-state index is 12.4. The first-order valence-corrected chi connectivity index (χ1v) is 10.2. The number of rotatable bonds is 6. The minimum atomic E-state index is -3.34. The summed E-state index contributed by atoms with van der Waals surface area (Å²) in [5.41, 5.74) is 0.938. The molecule has 2 aliphatic rings. The summed E-state index contributed by atoms with van der Waals surface area (Å²) in [6, 6.07) is 7.58. The minimum absolute atomic E-state index is 0.0197. The fourth-order valence-corrected chi connectivity index (χ4v) is 4.43. The monoisotopic (exact) mass is 371 g/mol. The molecule has 3 rings (SSSR count). The number of sulfonamides is 1. The standard InChI is InChI=1S/C16H22ClN3O3S/c17-14-3-1-2-4-15(14)19-8-10-20(11-9-19)24(22,23)12-7-18-16(21)13-5-6-13/h1-4,13H,5-12H2,(H,18,21). The maximum Gasteiger partial charge on any atom is 0.223 e. The van der Waals surface area contributed by atoms with Crippen LogP contribution in [0.15, 0.2) is 24.3 Å². The van der Waals surface area contributed by atoms with Gasteiger partial charge in [0.05, 0.1) is 16.5 Å². The molecular weight excluding hydrogens is 350 g/mol. The summed E-state index contributed by atoms with van der Waals surface area (Å²) in [5.74, 6) is 0.0398. The molecule has 1 aromatic carbocycles. The highest BCUT2D eigenvalue weighted by Gasteiger charge is 2.30. The average Bonchev–Trinajstić information content (AvgIpc) is 3.40. The van der Waals surface area contributed by atoms with Crippen molar-refractivity contribution in [1.82, 2.24) is 9.62 Å². The van der Waals surface area contributed by atoms with Gasteiger partial charge in [0, 0.05) is 38.6 Å². The fraction of sp³-hybridized carbons (Fsp3) is 0.562. The Morgan fingerprint density at radius 3 is 2.46 bits per heavy atom. The number of hydrogen-bond donors (Lipinski definition) is 1. The van der Waals surface area contributed by atoms with E-state index in [9.17, 15) is 13.2 Å². The molecule has 1 N–H and O–H groups in total. The molecule has 24 heavy (non-hydrogen) atoms. The Hall–Kier alpha value is -1.31. The summed E-state index contributed by atoms with van der Waals surface area (Å²) in [6.45, 7) is 2.27. The van der Waals surface area contributed by atoms with Crippen LogP contribution < -0.4 is 10.2 Å². The van der Waals surface area contributed by atoms with E-state index in [1.165, 1.54) is 4.31 Å². The molecule has 0 spiro atoms. The number of anilines is 1. The lowest BCUT2D eigenvalue weighted by Gasteiger charge is -2.35. The van der Waals surface area contributed by atoms with Crippen LogP contribution in [0.5, 0.6) is 0 Å². The molecule has 0 unspecified atom stereocenters. The van der Waals surface area contributed by atoms with Crippen LogP contribution in [0.2, 0.25) is 5.02 Å². The molecule has 1 aliphatic carbocycles. The Bertz CT molecular complexity index is 698. The topological polar surface area (TPSA) is 69.7 Å². The lowest BCUT2D eigenvalue weighted by molar-refractivity contribution is -0.122. The Kier molecular flexibility index (Phi) is 5.32. The molecule has 0 bridgehead atoms. The second kappa shape index (κ2) is 7.29. The second-order valence-electron chi connectivity index (χ2n) is 6.22. The van der Waals surface area contributed by atoms with Gasteiger partial charge in [-0.1, -0.05) is 23.7 Å². The molecule has 1 heterocycles. The number of amides is 1. The van der Waals surface area contributed by atoms with Gasteiger partial charge in [-0.05, 0) is 25.0 Å². The lowest BCUT2D eigenvalue weighted by Crippen LogP contribution is -2.50. The summed E-state index contributed by atoms with van der Waals surface area (Å²) in [6.07, 6.45) is 1.84. The van der Waals surface area contributed by atoms with Gasteiger partial charge in [0.1, 0.15) is 0 Å². The van der Waals surface area contributed by atoms with Crippen molar-refractivity contribution in [2.75, 3.05) is 43.4 Å². The largest absolute Gasteiger partial charge is 0.368 e. The number of nitrogens with zero attached hydrogens (tertiary/aromatic N) is 2. The molecular formula is C16H22ClN3O3S. The molecule has 6 nitrogen and oxygen atoms in total. The van der Waals surface area contributed by atoms with Crippen LogP contribution in [0.4, 0.5) is 5.69 Å². The van der Waals surface area contributed by atoms with Gasteiger partial charge in [0.2, 0.25) is 15.9 Å². The maximum absolute atomic E-state index is 12.4. The van der Waals surface area contributed by atoms with Crippen molar-refractivity contribution in [3.05, 3.63) is 29.3 Å². The number of para-hydroxylation sites is 1. The molecule has 0 aromatic heterocycles. The number of carbonyl (C=O) groups is 1. The van der Waals surface area contributed by atoms with Crippen molar-refractivity contribution in [2.45, 2.75) is 12.8 Å². The molecule has 1 aromatic rings. The smallest absolute Gasteiger partial charge is 0.223 e. The Morgan fingerprint density at radius 1 is 1.17 bits per heavy atom. The third-order valence-electron chi connectivity index (χ3n) is 4.43. The van der Waals surface area contributed by atoms with Crippen molar-refractivity contribution in [3.8, 4) is 0 Å². The number of carbonyl (C=O) groups excluding carboxylic acids is 1. The highest BCUT2D eigenvalue weighted by atomic mass is 35.5. The van der Waals surface area contributed by atoms with Gasteiger partial charge in [-0.25, -0.2) is 8.42 Å². The molecule has 2 fully saturated rings. The average molecular weight is 372 g/mol. The molecule has 0 radical (unpaired) electrons. The van der Waals surface area contributed by atoms with E-state index in [1.54, 1.807) is 0 Å². The summed E-state index contributed by atoms with van der Waals surface area (Å²) in [5, 5.41) is 3.39. The van der Waals surface area contributed by atoms with E-state index in [2.05, 4.69) is 10.2 Å². The molecule has 8 heteroatoms. The van der Waals surface area contributed by atoms with E-state index in [1.807, 2.05) is 24.3 Å². The second-order valence-corrected chi connectivity index (χ2v) is 8.71. The minimum Gasteiger partial charge on any atom is -0.368 e. The van der Waals surface area contributed by atoms with E-state index in [-0.39, 0.29) is 24.1 Å². The first-order valence-electron chi connectivity index (χ1n) is 8.22. The van der Waals surface area contributed by atoms with E-state index in [4.69, 9.17) is 11.6 Å². The Balaban J connectivity index is 1.49. The highest BCUT2D eigenvalue weighted by molar-refractivity contribution is 7.89. The molecule has 1 saturated heterocycles. The molecule has 1 aliphatic heterocycles. The molecule has 1 saturated carbocycles. The summed E-state index contributed by atoms with van der Waals surface area (Å²) in [7, 11) is -3.34. The van der Waals surface area contributed by atoms with Crippen LogP contribution in [0, 0.1) is 5.92 Å². The van der Waals surface area contributed by atoms with Gasteiger partial charge in [-0.15, -0.1) is 0 Å². The Labute approximate surface area is 147 Å². The van der Waals surface area contributed by atoms with Crippen molar-refractivity contribution in [2.24, 2.45) is 5.92 Å². The van der Waals surface area contributed by atoms with Gasteiger partial charge in [-0.3, -0.25) is 4.79 Å². The highest BCUT2D eigenvalue weighted by Crippen LogP contribution is 2.28. The van der Waals surface area contributed by atoms with Crippen LogP contribution in [0.25, 0.3) is 0 Å².